The van der Waals surface area contributed by atoms with Gasteiger partial charge in [-0.05, 0) is 56.8 Å². The molecular formula is C13H11Br2ClS. The van der Waals surface area contributed by atoms with Gasteiger partial charge in [-0.1, -0.05) is 29.8 Å². The maximum Gasteiger partial charge on any atom is 0.0843 e. The molecule has 0 N–H and O–H groups in total. The summed E-state index contributed by atoms with van der Waals surface area (Å²) in [5, 5.41) is 0.0319. The summed E-state index contributed by atoms with van der Waals surface area (Å²) < 4.78 is 2.18. The lowest BCUT2D eigenvalue weighted by Gasteiger charge is -2.07. The Hall–Kier alpha value is 0.170. The van der Waals surface area contributed by atoms with Crippen LogP contribution in [0.3, 0.4) is 0 Å². The van der Waals surface area contributed by atoms with Crippen LogP contribution in [0.5, 0.6) is 0 Å². The van der Waals surface area contributed by atoms with Gasteiger partial charge >= 0.3 is 0 Å². The van der Waals surface area contributed by atoms with Crippen LogP contribution < -0.4 is 0 Å². The summed E-state index contributed by atoms with van der Waals surface area (Å²) in [5.74, 6) is 0. The molecule has 0 aliphatic carbocycles. The zero-order valence-corrected chi connectivity index (χ0v) is 14.0. The van der Waals surface area contributed by atoms with Crippen LogP contribution in [0, 0.1) is 6.92 Å². The minimum absolute atomic E-state index is 0.0319. The van der Waals surface area contributed by atoms with Gasteiger partial charge in [-0.2, -0.15) is 0 Å². The first-order valence-electron chi connectivity index (χ1n) is 5.20. The van der Waals surface area contributed by atoms with E-state index in [1.807, 2.05) is 0 Å². The second-order valence-corrected chi connectivity index (χ2v) is 7.71. The van der Waals surface area contributed by atoms with Gasteiger partial charge in [-0.15, -0.1) is 22.9 Å². The quantitative estimate of drug-likeness (QED) is 0.552. The highest BCUT2D eigenvalue weighted by atomic mass is 79.9. The highest BCUT2D eigenvalue weighted by molar-refractivity contribution is 9.13. The van der Waals surface area contributed by atoms with Gasteiger partial charge < -0.3 is 0 Å². The van der Waals surface area contributed by atoms with E-state index in [0.717, 1.165) is 14.7 Å². The second kappa shape index (κ2) is 5.87. The molecule has 0 radical (unpaired) electrons. The molecule has 2 rings (SSSR count). The van der Waals surface area contributed by atoms with Crippen molar-refractivity contribution in [3.63, 3.8) is 0 Å². The van der Waals surface area contributed by atoms with E-state index in [9.17, 15) is 0 Å². The first kappa shape index (κ1) is 13.6. The van der Waals surface area contributed by atoms with Gasteiger partial charge in [-0.3, -0.25) is 0 Å². The van der Waals surface area contributed by atoms with E-state index in [2.05, 4.69) is 69.1 Å². The van der Waals surface area contributed by atoms with Gasteiger partial charge in [0.05, 0.1) is 9.16 Å². The molecule has 0 spiro atoms. The Kier molecular flexibility index (Phi) is 4.70. The van der Waals surface area contributed by atoms with Crippen molar-refractivity contribution in [2.24, 2.45) is 0 Å². The molecule has 0 aliphatic rings. The van der Waals surface area contributed by atoms with Gasteiger partial charge in [0.1, 0.15) is 0 Å². The minimum atomic E-state index is 0.0319. The average Bonchev–Trinajstić information content (AvgIpc) is 2.59. The Morgan fingerprint density at radius 3 is 2.65 bits per heavy atom. The third-order valence-electron chi connectivity index (χ3n) is 2.47. The van der Waals surface area contributed by atoms with Crippen molar-refractivity contribution >= 4 is 54.8 Å². The van der Waals surface area contributed by atoms with E-state index in [1.165, 1.54) is 16.0 Å². The van der Waals surface area contributed by atoms with Crippen molar-refractivity contribution in [3.05, 3.63) is 54.6 Å². The fraction of sp³-hybridized carbons (Fsp3) is 0.231. The van der Waals surface area contributed by atoms with Crippen LogP contribution in [0.25, 0.3) is 0 Å². The molecule has 0 bridgehead atoms. The van der Waals surface area contributed by atoms with Crippen LogP contribution in [0.4, 0.5) is 0 Å². The fourth-order valence-corrected chi connectivity index (χ4v) is 4.11. The average molecular weight is 395 g/mol. The lowest BCUT2D eigenvalue weighted by molar-refractivity contribution is 0.937. The highest BCUT2D eigenvalue weighted by Gasteiger charge is 2.13. The third kappa shape index (κ3) is 3.57. The first-order chi connectivity index (χ1) is 8.06. The molecule has 0 amide bonds. The molecule has 0 fully saturated rings. The molecule has 0 nitrogen and oxygen atoms in total. The highest BCUT2D eigenvalue weighted by Crippen LogP contribution is 2.38. The maximum absolute atomic E-state index is 6.45. The van der Waals surface area contributed by atoms with E-state index < -0.39 is 0 Å². The molecule has 1 aromatic carbocycles. The predicted molar refractivity (Wildman–Crippen MR) is 83.2 cm³/mol. The van der Waals surface area contributed by atoms with Crippen LogP contribution in [0.1, 0.15) is 21.4 Å². The Bertz CT molecular complexity index is 502. The maximum atomic E-state index is 6.45. The lowest BCUT2D eigenvalue weighted by Crippen LogP contribution is -1.93. The smallest absolute Gasteiger partial charge is 0.0843 e. The predicted octanol–water partition coefficient (Wildman–Crippen LogP) is 6.10. The first-order valence-corrected chi connectivity index (χ1v) is 8.04. The van der Waals surface area contributed by atoms with Crippen molar-refractivity contribution < 1.29 is 0 Å². The Morgan fingerprint density at radius 2 is 2.06 bits per heavy atom. The van der Waals surface area contributed by atoms with Crippen molar-refractivity contribution in [1.82, 2.24) is 0 Å². The minimum Gasteiger partial charge on any atom is -0.130 e. The second-order valence-electron chi connectivity index (χ2n) is 3.93. The van der Waals surface area contributed by atoms with E-state index in [0.29, 0.717) is 0 Å². The summed E-state index contributed by atoms with van der Waals surface area (Å²) in [5.41, 5.74) is 2.56. The van der Waals surface area contributed by atoms with Crippen LogP contribution >= 0.6 is 54.8 Å². The molecule has 17 heavy (non-hydrogen) atoms. The van der Waals surface area contributed by atoms with Gasteiger partial charge in [-0.25, -0.2) is 0 Å². The Labute approximate surface area is 127 Å². The lowest BCUT2D eigenvalue weighted by atomic mass is 10.1. The summed E-state index contributed by atoms with van der Waals surface area (Å²) in [6.45, 7) is 2.10. The fourth-order valence-electron chi connectivity index (χ4n) is 1.66. The van der Waals surface area contributed by atoms with E-state index in [4.69, 9.17) is 11.6 Å². The van der Waals surface area contributed by atoms with E-state index in [1.54, 1.807) is 11.3 Å². The molecule has 1 aromatic heterocycles. The zero-order valence-electron chi connectivity index (χ0n) is 9.21. The number of alkyl halides is 1. The molecule has 1 unspecified atom stereocenters. The third-order valence-corrected chi connectivity index (χ3v) is 6.36. The van der Waals surface area contributed by atoms with Crippen molar-refractivity contribution in [2.75, 3.05) is 0 Å². The number of aryl methyl sites for hydroxylation is 1. The van der Waals surface area contributed by atoms with Crippen LogP contribution in [-0.2, 0) is 6.42 Å². The van der Waals surface area contributed by atoms with Crippen LogP contribution in [0.15, 0.2) is 38.6 Å². The van der Waals surface area contributed by atoms with Gasteiger partial charge in [0.15, 0.2) is 0 Å². The van der Waals surface area contributed by atoms with E-state index >= 15 is 0 Å². The molecule has 0 saturated carbocycles. The zero-order chi connectivity index (χ0) is 12.4. The van der Waals surface area contributed by atoms with E-state index in [-0.39, 0.29) is 5.38 Å². The number of rotatable bonds is 3. The molecule has 90 valence electrons. The van der Waals surface area contributed by atoms with Gasteiger partial charge in [0.25, 0.3) is 0 Å². The number of thiophene rings is 1. The number of hydrogen-bond acceptors (Lipinski definition) is 1. The van der Waals surface area contributed by atoms with Crippen LogP contribution in [-0.4, -0.2) is 0 Å². The van der Waals surface area contributed by atoms with Crippen molar-refractivity contribution in [3.8, 4) is 0 Å². The molecule has 2 aromatic rings. The Morgan fingerprint density at radius 1 is 1.29 bits per heavy atom. The Balaban J connectivity index is 2.14. The normalized spacial score (nSPS) is 12.7. The van der Waals surface area contributed by atoms with Crippen molar-refractivity contribution in [1.29, 1.82) is 0 Å². The number of hydrogen-bond donors (Lipinski definition) is 0. The van der Waals surface area contributed by atoms with Crippen LogP contribution in [0.2, 0.25) is 0 Å². The summed E-state index contributed by atoms with van der Waals surface area (Å²) in [4.78, 5) is 1.19. The summed E-state index contributed by atoms with van der Waals surface area (Å²) in [6.07, 6.45) is 0.864. The topological polar surface area (TPSA) is 0 Å². The summed E-state index contributed by atoms with van der Waals surface area (Å²) in [7, 11) is 0. The van der Waals surface area contributed by atoms with Crippen molar-refractivity contribution in [2.45, 2.75) is 18.7 Å². The molecule has 4 heteroatoms. The summed E-state index contributed by atoms with van der Waals surface area (Å²) >= 11 is 15.1. The largest absolute Gasteiger partial charge is 0.130 e. The SMILES string of the molecule is Cc1cccc(CC(Cl)c2cc(Br)c(Br)s2)c1. The number of benzene rings is 1. The molecule has 0 saturated heterocycles. The molecule has 0 aliphatic heterocycles. The van der Waals surface area contributed by atoms with Gasteiger partial charge in [0, 0.05) is 9.35 Å². The molecule has 1 atom stereocenters. The molecule has 1 heterocycles. The molecular weight excluding hydrogens is 383 g/mol. The summed E-state index contributed by atoms with van der Waals surface area (Å²) in [6, 6.07) is 10.6. The number of halogens is 3. The monoisotopic (exact) mass is 392 g/mol. The van der Waals surface area contributed by atoms with Gasteiger partial charge in [0.2, 0.25) is 0 Å². The standard InChI is InChI=1S/C13H11Br2ClS/c1-8-3-2-4-9(5-8)6-11(16)12-7-10(14)13(15)17-12/h2-5,7,11H,6H2,1H3.